The molecule has 0 saturated carbocycles. The largest absolute Gasteiger partial charge is 0.309 e. The number of nitrogens with one attached hydrogen (secondary N) is 1. The molecule has 4 heteroatoms. The van der Waals surface area contributed by atoms with E-state index in [1.165, 1.54) is 11.1 Å². The minimum absolute atomic E-state index is 0.742. The smallest absolute Gasteiger partial charge is 0.0551 e. The average Bonchev–Trinajstić information content (AvgIpc) is 2.36. The maximum Gasteiger partial charge on any atom is 0.0551 e. The quantitative estimate of drug-likeness (QED) is 0.915. The van der Waals surface area contributed by atoms with Gasteiger partial charge in [0.1, 0.15) is 0 Å². The summed E-state index contributed by atoms with van der Waals surface area (Å²) in [5.41, 5.74) is 3.39. The molecule has 1 heterocycles. The van der Waals surface area contributed by atoms with Crippen LogP contribution in [0.15, 0.2) is 41.0 Å². The predicted octanol–water partition coefficient (Wildman–Crippen LogP) is 4.10. The number of nitrogens with zero attached hydrogens (tertiary/aromatic N) is 1. The summed E-state index contributed by atoms with van der Waals surface area (Å²) in [6, 6.07) is 10.1. The van der Waals surface area contributed by atoms with Gasteiger partial charge in [-0.2, -0.15) is 0 Å². The van der Waals surface area contributed by atoms with Crippen molar-refractivity contribution in [2.45, 2.75) is 20.0 Å². The van der Waals surface area contributed by atoms with Gasteiger partial charge in [0.05, 0.1) is 5.02 Å². The molecule has 0 radical (unpaired) electrons. The molecule has 0 unspecified atom stereocenters. The van der Waals surface area contributed by atoms with Gasteiger partial charge in [-0.05, 0) is 52.2 Å². The normalized spacial score (nSPS) is 10.6. The Kier molecular flexibility index (Phi) is 4.75. The Labute approximate surface area is 121 Å². The van der Waals surface area contributed by atoms with E-state index in [9.17, 15) is 0 Å². The molecular weight excluding hydrogens is 312 g/mol. The highest BCUT2D eigenvalue weighted by Crippen LogP contribution is 2.23. The van der Waals surface area contributed by atoms with E-state index in [0.717, 1.165) is 28.3 Å². The third-order valence-electron chi connectivity index (χ3n) is 2.61. The van der Waals surface area contributed by atoms with E-state index in [2.05, 4.69) is 38.4 Å². The SMILES string of the molecule is Cc1ccc(CNCc2ccc(Br)c(Cl)c2)cn1. The van der Waals surface area contributed by atoms with Gasteiger partial charge in [0.2, 0.25) is 0 Å². The van der Waals surface area contributed by atoms with Crippen molar-refractivity contribution in [3.63, 3.8) is 0 Å². The number of rotatable bonds is 4. The fourth-order valence-corrected chi connectivity index (χ4v) is 2.05. The van der Waals surface area contributed by atoms with Gasteiger partial charge in [-0.3, -0.25) is 4.98 Å². The Hall–Kier alpha value is -0.900. The fraction of sp³-hybridized carbons (Fsp3) is 0.214. The Bertz CT molecular complexity index is 526. The average molecular weight is 326 g/mol. The van der Waals surface area contributed by atoms with Crippen molar-refractivity contribution in [3.05, 3.63) is 62.8 Å². The standard InChI is InChI=1S/C14H14BrClN2/c1-10-2-3-12(9-18-10)8-17-7-11-4-5-13(15)14(16)6-11/h2-6,9,17H,7-8H2,1H3. The van der Waals surface area contributed by atoms with E-state index in [1.807, 2.05) is 31.3 Å². The molecule has 0 bridgehead atoms. The van der Waals surface area contributed by atoms with Crippen LogP contribution in [-0.4, -0.2) is 4.98 Å². The van der Waals surface area contributed by atoms with Crippen LogP contribution in [0.3, 0.4) is 0 Å². The monoisotopic (exact) mass is 324 g/mol. The third kappa shape index (κ3) is 3.80. The van der Waals surface area contributed by atoms with Gasteiger partial charge in [-0.15, -0.1) is 0 Å². The van der Waals surface area contributed by atoms with Crippen molar-refractivity contribution in [1.29, 1.82) is 0 Å². The van der Waals surface area contributed by atoms with E-state index in [-0.39, 0.29) is 0 Å². The minimum Gasteiger partial charge on any atom is -0.309 e. The fourth-order valence-electron chi connectivity index (χ4n) is 1.60. The van der Waals surface area contributed by atoms with Crippen LogP contribution in [0.2, 0.25) is 5.02 Å². The summed E-state index contributed by atoms with van der Waals surface area (Å²) in [4.78, 5) is 4.26. The second kappa shape index (κ2) is 6.32. The van der Waals surface area contributed by atoms with Crippen LogP contribution < -0.4 is 5.32 Å². The summed E-state index contributed by atoms with van der Waals surface area (Å²) >= 11 is 9.42. The lowest BCUT2D eigenvalue weighted by molar-refractivity contribution is 0.691. The summed E-state index contributed by atoms with van der Waals surface area (Å²) in [6.07, 6.45) is 1.90. The number of aromatic nitrogens is 1. The van der Waals surface area contributed by atoms with Gasteiger partial charge in [0.25, 0.3) is 0 Å². The molecule has 0 spiro atoms. The maximum atomic E-state index is 6.04. The first kappa shape index (κ1) is 13.5. The molecule has 1 aromatic carbocycles. The molecule has 1 aromatic heterocycles. The molecular formula is C14H14BrClN2. The van der Waals surface area contributed by atoms with Gasteiger partial charge in [0, 0.05) is 29.5 Å². The molecule has 0 aliphatic heterocycles. The van der Waals surface area contributed by atoms with Crippen LogP contribution in [0.1, 0.15) is 16.8 Å². The van der Waals surface area contributed by atoms with Crippen molar-refractivity contribution in [3.8, 4) is 0 Å². The first-order valence-corrected chi connectivity index (χ1v) is 6.88. The van der Waals surface area contributed by atoms with E-state index in [1.54, 1.807) is 0 Å². The topological polar surface area (TPSA) is 24.9 Å². The zero-order valence-corrected chi connectivity index (χ0v) is 12.4. The molecule has 0 fully saturated rings. The molecule has 0 aliphatic rings. The van der Waals surface area contributed by atoms with Crippen LogP contribution in [0.4, 0.5) is 0 Å². The second-order valence-electron chi connectivity index (χ2n) is 4.16. The van der Waals surface area contributed by atoms with Crippen LogP contribution >= 0.6 is 27.5 Å². The summed E-state index contributed by atoms with van der Waals surface area (Å²) in [5.74, 6) is 0. The van der Waals surface area contributed by atoms with E-state index in [0.29, 0.717) is 0 Å². The Balaban J connectivity index is 1.88. The number of hydrogen-bond acceptors (Lipinski definition) is 2. The molecule has 94 valence electrons. The van der Waals surface area contributed by atoms with Gasteiger partial charge >= 0.3 is 0 Å². The molecule has 2 aromatic rings. The molecule has 0 saturated heterocycles. The highest BCUT2D eigenvalue weighted by molar-refractivity contribution is 9.10. The lowest BCUT2D eigenvalue weighted by Gasteiger charge is -2.06. The van der Waals surface area contributed by atoms with Crippen molar-refractivity contribution < 1.29 is 0 Å². The highest BCUT2D eigenvalue weighted by Gasteiger charge is 1.99. The van der Waals surface area contributed by atoms with Crippen molar-refractivity contribution in [2.75, 3.05) is 0 Å². The molecule has 0 aliphatic carbocycles. The van der Waals surface area contributed by atoms with Gasteiger partial charge in [-0.25, -0.2) is 0 Å². The Morgan fingerprint density at radius 2 is 1.89 bits per heavy atom. The van der Waals surface area contributed by atoms with E-state index < -0.39 is 0 Å². The minimum atomic E-state index is 0.742. The summed E-state index contributed by atoms with van der Waals surface area (Å²) in [6.45, 7) is 3.59. The first-order valence-electron chi connectivity index (χ1n) is 5.71. The number of hydrogen-bond donors (Lipinski definition) is 1. The van der Waals surface area contributed by atoms with Crippen molar-refractivity contribution in [2.24, 2.45) is 0 Å². The summed E-state index contributed by atoms with van der Waals surface area (Å²) in [7, 11) is 0. The lowest BCUT2D eigenvalue weighted by Crippen LogP contribution is -2.12. The Morgan fingerprint density at radius 1 is 1.17 bits per heavy atom. The van der Waals surface area contributed by atoms with Gasteiger partial charge < -0.3 is 5.32 Å². The molecule has 2 nitrogen and oxygen atoms in total. The molecule has 18 heavy (non-hydrogen) atoms. The third-order valence-corrected chi connectivity index (χ3v) is 3.85. The number of aryl methyl sites for hydroxylation is 1. The van der Waals surface area contributed by atoms with Crippen molar-refractivity contribution >= 4 is 27.5 Å². The van der Waals surface area contributed by atoms with Gasteiger partial charge in [0.15, 0.2) is 0 Å². The van der Waals surface area contributed by atoms with Crippen LogP contribution in [0, 0.1) is 6.92 Å². The van der Waals surface area contributed by atoms with Crippen LogP contribution in [0.5, 0.6) is 0 Å². The Morgan fingerprint density at radius 3 is 2.56 bits per heavy atom. The van der Waals surface area contributed by atoms with Crippen LogP contribution in [0.25, 0.3) is 0 Å². The van der Waals surface area contributed by atoms with Crippen LogP contribution in [-0.2, 0) is 13.1 Å². The zero-order chi connectivity index (χ0) is 13.0. The zero-order valence-electron chi connectivity index (χ0n) is 10.1. The second-order valence-corrected chi connectivity index (χ2v) is 5.42. The highest BCUT2D eigenvalue weighted by atomic mass is 79.9. The predicted molar refractivity (Wildman–Crippen MR) is 78.7 cm³/mol. The molecule has 1 N–H and O–H groups in total. The first-order chi connectivity index (χ1) is 8.65. The molecule has 0 atom stereocenters. The molecule has 2 rings (SSSR count). The maximum absolute atomic E-state index is 6.04. The summed E-state index contributed by atoms with van der Waals surface area (Å²) in [5, 5.41) is 4.11. The molecule has 0 amide bonds. The van der Waals surface area contributed by atoms with Gasteiger partial charge in [-0.1, -0.05) is 23.7 Å². The lowest BCUT2D eigenvalue weighted by atomic mass is 10.2. The van der Waals surface area contributed by atoms with E-state index >= 15 is 0 Å². The number of halogens is 2. The summed E-state index contributed by atoms with van der Waals surface area (Å²) < 4.78 is 0.927. The van der Waals surface area contributed by atoms with Crippen molar-refractivity contribution in [1.82, 2.24) is 10.3 Å². The number of pyridine rings is 1. The number of benzene rings is 1. The van der Waals surface area contributed by atoms with E-state index in [4.69, 9.17) is 11.6 Å².